The number of hydrogen-bond donors (Lipinski definition) is 1. The second-order valence-electron chi connectivity index (χ2n) is 4.04. The van der Waals surface area contributed by atoms with Crippen molar-refractivity contribution in [2.45, 2.75) is 13.8 Å². The lowest BCUT2D eigenvalue weighted by atomic mass is 10.1. The molecule has 2 aromatic rings. The van der Waals surface area contributed by atoms with Crippen molar-refractivity contribution in [3.05, 3.63) is 52.0 Å². The molecule has 0 atom stereocenters. The molecule has 88 valence electrons. The van der Waals surface area contributed by atoms with Crippen molar-refractivity contribution in [2.75, 3.05) is 5.73 Å². The smallest absolute Gasteiger partial charge is 0.133 e. The van der Waals surface area contributed by atoms with Gasteiger partial charge >= 0.3 is 0 Å². The monoisotopic (exact) mass is 291 g/mol. The molecule has 0 aliphatic heterocycles. The van der Waals surface area contributed by atoms with E-state index in [1.54, 1.807) is 0 Å². The van der Waals surface area contributed by atoms with E-state index in [1.165, 1.54) is 0 Å². The third-order valence-electron chi connectivity index (χ3n) is 2.53. The van der Waals surface area contributed by atoms with Crippen LogP contribution in [0.5, 0.6) is 11.5 Å². The summed E-state index contributed by atoms with van der Waals surface area (Å²) in [6, 6.07) is 11.5. The highest BCUT2D eigenvalue weighted by molar-refractivity contribution is 9.10. The Labute approximate surface area is 110 Å². The van der Waals surface area contributed by atoms with Crippen LogP contribution in [0.2, 0.25) is 0 Å². The molecule has 0 amide bonds. The Morgan fingerprint density at radius 3 is 2.06 bits per heavy atom. The average molecular weight is 292 g/mol. The van der Waals surface area contributed by atoms with E-state index in [1.807, 2.05) is 50.2 Å². The lowest BCUT2D eigenvalue weighted by Gasteiger charge is -2.12. The molecule has 0 fully saturated rings. The Balaban J connectivity index is 2.33. The van der Waals surface area contributed by atoms with Crippen LogP contribution in [0.15, 0.2) is 40.9 Å². The van der Waals surface area contributed by atoms with Gasteiger partial charge in [-0.15, -0.1) is 0 Å². The molecule has 0 aromatic heterocycles. The van der Waals surface area contributed by atoms with Crippen LogP contribution in [-0.2, 0) is 0 Å². The first kappa shape index (κ1) is 12.0. The fourth-order valence-corrected chi connectivity index (χ4v) is 2.40. The van der Waals surface area contributed by atoms with Gasteiger partial charge < -0.3 is 10.5 Å². The van der Waals surface area contributed by atoms with Gasteiger partial charge in [0.25, 0.3) is 0 Å². The Kier molecular flexibility index (Phi) is 3.38. The average Bonchev–Trinajstić information content (AvgIpc) is 2.26. The summed E-state index contributed by atoms with van der Waals surface area (Å²) in [6.07, 6.45) is 0. The summed E-state index contributed by atoms with van der Waals surface area (Å²) in [6.45, 7) is 4.06. The molecule has 17 heavy (non-hydrogen) atoms. The number of halogens is 1. The SMILES string of the molecule is Cc1cc(Br)cc(C)c1Oc1ccc(N)cc1. The van der Waals surface area contributed by atoms with Crippen LogP contribution in [0.1, 0.15) is 11.1 Å². The first-order chi connectivity index (χ1) is 8.06. The summed E-state index contributed by atoms with van der Waals surface area (Å²) < 4.78 is 6.94. The molecule has 0 aliphatic carbocycles. The second kappa shape index (κ2) is 4.80. The third-order valence-corrected chi connectivity index (χ3v) is 2.98. The summed E-state index contributed by atoms with van der Waals surface area (Å²) in [5.41, 5.74) is 8.59. The van der Waals surface area contributed by atoms with Crippen LogP contribution in [0.4, 0.5) is 5.69 Å². The van der Waals surface area contributed by atoms with Crippen LogP contribution in [0, 0.1) is 13.8 Å². The Hall–Kier alpha value is -1.48. The van der Waals surface area contributed by atoms with E-state index in [0.717, 1.165) is 32.8 Å². The van der Waals surface area contributed by atoms with Gasteiger partial charge in [-0.3, -0.25) is 0 Å². The molecule has 0 spiro atoms. The minimum Gasteiger partial charge on any atom is -0.457 e. The van der Waals surface area contributed by atoms with Gasteiger partial charge in [-0.2, -0.15) is 0 Å². The molecular weight excluding hydrogens is 278 g/mol. The number of hydrogen-bond acceptors (Lipinski definition) is 2. The van der Waals surface area contributed by atoms with Crippen molar-refractivity contribution in [3.8, 4) is 11.5 Å². The fourth-order valence-electron chi connectivity index (χ4n) is 1.71. The lowest BCUT2D eigenvalue weighted by Crippen LogP contribution is -1.92. The summed E-state index contributed by atoms with van der Waals surface area (Å²) in [5.74, 6) is 1.70. The molecule has 2 nitrogen and oxygen atoms in total. The van der Waals surface area contributed by atoms with E-state index >= 15 is 0 Å². The van der Waals surface area contributed by atoms with Crippen LogP contribution < -0.4 is 10.5 Å². The molecule has 3 heteroatoms. The van der Waals surface area contributed by atoms with Gasteiger partial charge in [-0.1, -0.05) is 15.9 Å². The molecule has 0 unspecified atom stereocenters. The van der Waals surface area contributed by atoms with Crippen molar-refractivity contribution in [2.24, 2.45) is 0 Å². The maximum absolute atomic E-state index is 5.87. The van der Waals surface area contributed by atoms with Gasteiger partial charge in [-0.25, -0.2) is 0 Å². The Bertz CT molecular complexity index is 511. The van der Waals surface area contributed by atoms with Gasteiger partial charge in [0.15, 0.2) is 0 Å². The van der Waals surface area contributed by atoms with E-state index in [0.29, 0.717) is 0 Å². The minimum atomic E-state index is 0.738. The van der Waals surface area contributed by atoms with Crippen molar-refractivity contribution in [1.29, 1.82) is 0 Å². The molecule has 2 aromatic carbocycles. The van der Waals surface area contributed by atoms with Crippen LogP contribution in [-0.4, -0.2) is 0 Å². The van der Waals surface area contributed by atoms with Gasteiger partial charge in [0, 0.05) is 10.2 Å². The molecule has 2 N–H and O–H groups in total. The maximum atomic E-state index is 5.87. The lowest BCUT2D eigenvalue weighted by molar-refractivity contribution is 0.475. The Morgan fingerprint density at radius 1 is 1.00 bits per heavy atom. The minimum absolute atomic E-state index is 0.738. The molecule has 0 radical (unpaired) electrons. The van der Waals surface area contributed by atoms with E-state index in [2.05, 4.69) is 15.9 Å². The second-order valence-corrected chi connectivity index (χ2v) is 4.96. The largest absolute Gasteiger partial charge is 0.457 e. The van der Waals surface area contributed by atoms with Crippen LogP contribution in [0.25, 0.3) is 0 Å². The predicted octanol–water partition coefficient (Wildman–Crippen LogP) is 4.44. The highest BCUT2D eigenvalue weighted by Crippen LogP contribution is 2.31. The number of nitrogen functional groups attached to an aromatic ring is 1. The summed E-state index contributed by atoms with van der Waals surface area (Å²) >= 11 is 3.47. The van der Waals surface area contributed by atoms with Crippen molar-refractivity contribution < 1.29 is 4.74 Å². The fraction of sp³-hybridized carbons (Fsp3) is 0.143. The normalized spacial score (nSPS) is 10.3. The van der Waals surface area contributed by atoms with Crippen LogP contribution in [0.3, 0.4) is 0 Å². The molecule has 0 bridgehead atoms. The molecule has 2 rings (SSSR count). The van der Waals surface area contributed by atoms with Crippen LogP contribution >= 0.6 is 15.9 Å². The van der Waals surface area contributed by atoms with E-state index in [9.17, 15) is 0 Å². The number of ether oxygens (including phenoxy) is 1. The third kappa shape index (κ3) is 2.80. The zero-order chi connectivity index (χ0) is 12.4. The highest BCUT2D eigenvalue weighted by atomic mass is 79.9. The van der Waals surface area contributed by atoms with Gasteiger partial charge in [0.05, 0.1) is 0 Å². The van der Waals surface area contributed by atoms with Crippen molar-refractivity contribution in [3.63, 3.8) is 0 Å². The molecule has 0 aliphatic rings. The van der Waals surface area contributed by atoms with Gasteiger partial charge in [0.1, 0.15) is 11.5 Å². The zero-order valence-corrected chi connectivity index (χ0v) is 11.4. The number of rotatable bonds is 2. The van der Waals surface area contributed by atoms with Gasteiger partial charge in [-0.05, 0) is 61.4 Å². The number of anilines is 1. The van der Waals surface area contributed by atoms with E-state index in [4.69, 9.17) is 10.5 Å². The summed E-state index contributed by atoms with van der Waals surface area (Å²) in [4.78, 5) is 0. The van der Waals surface area contributed by atoms with E-state index < -0.39 is 0 Å². The summed E-state index contributed by atoms with van der Waals surface area (Å²) in [5, 5.41) is 0. The predicted molar refractivity (Wildman–Crippen MR) is 74.5 cm³/mol. The Morgan fingerprint density at radius 2 is 1.53 bits per heavy atom. The highest BCUT2D eigenvalue weighted by Gasteiger charge is 2.06. The molecule has 0 heterocycles. The number of benzene rings is 2. The standard InChI is InChI=1S/C14H14BrNO/c1-9-7-11(15)8-10(2)14(9)17-13-5-3-12(16)4-6-13/h3-8H,16H2,1-2H3. The molecule has 0 saturated heterocycles. The molecular formula is C14H14BrNO. The van der Waals surface area contributed by atoms with Gasteiger partial charge in [0.2, 0.25) is 0 Å². The molecule has 0 saturated carbocycles. The van der Waals surface area contributed by atoms with E-state index in [-0.39, 0.29) is 0 Å². The topological polar surface area (TPSA) is 35.2 Å². The number of aryl methyl sites for hydroxylation is 2. The number of nitrogens with two attached hydrogens (primary N) is 1. The first-order valence-electron chi connectivity index (χ1n) is 5.36. The summed E-state index contributed by atoms with van der Waals surface area (Å²) in [7, 11) is 0. The maximum Gasteiger partial charge on any atom is 0.133 e. The zero-order valence-electron chi connectivity index (χ0n) is 9.83. The quantitative estimate of drug-likeness (QED) is 0.830. The van der Waals surface area contributed by atoms with Crippen molar-refractivity contribution >= 4 is 21.6 Å². The first-order valence-corrected chi connectivity index (χ1v) is 6.15. The van der Waals surface area contributed by atoms with Crippen molar-refractivity contribution in [1.82, 2.24) is 0 Å².